The molecule has 5 N–H and O–H groups in total. The number of hydrogen-bond acceptors (Lipinski definition) is 10. The first kappa shape index (κ1) is 23.3. The number of hydrogen-bond donors (Lipinski definition) is 6. The Labute approximate surface area is 164 Å². The Morgan fingerprint density at radius 3 is 1.96 bits per heavy atom. The highest BCUT2D eigenvalue weighted by molar-refractivity contribution is 7.80. The van der Waals surface area contributed by atoms with Gasteiger partial charge in [0.05, 0.1) is 12.2 Å². The van der Waals surface area contributed by atoms with Crippen LogP contribution in [0.5, 0.6) is 0 Å². The first-order valence-corrected chi connectivity index (χ1v) is 10.00. The lowest BCUT2D eigenvalue weighted by molar-refractivity contribution is -0.361. The molecule has 0 aromatic rings. The second-order valence-electron chi connectivity index (χ2n) is 7.13. The van der Waals surface area contributed by atoms with Crippen LogP contribution >= 0.6 is 12.6 Å². The SMILES string of the molecule is C[C@@H]1O[C@@H](O[C@H]2[C@H](OCCCCCS)O[C@@H](C)[C@H](O)[C@H]2O)[C@H](O)[C@H](O)[C@H]1O. The van der Waals surface area contributed by atoms with E-state index >= 15 is 0 Å². The first-order valence-electron chi connectivity index (χ1n) is 9.37. The van der Waals surface area contributed by atoms with Crippen LogP contribution in [0, 0.1) is 0 Å². The van der Waals surface area contributed by atoms with Crippen LogP contribution in [0.4, 0.5) is 0 Å². The minimum atomic E-state index is -1.53. The van der Waals surface area contributed by atoms with Gasteiger partial charge in [-0.2, -0.15) is 12.6 Å². The quantitative estimate of drug-likeness (QED) is 0.214. The molecule has 0 aliphatic carbocycles. The predicted molar refractivity (Wildman–Crippen MR) is 97.2 cm³/mol. The van der Waals surface area contributed by atoms with Gasteiger partial charge in [0, 0.05) is 6.61 Å². The van der Waals surface area contributed by atoms with Crippen molar-refractivity contribution < 1.29 is 44.5 Å². The molecule has 0 aromatic carbocycles. The molecule has 0 bridgehead atoms. The van der Waals surface area contributed by atoms with Crippen molar-refractivity contribution >= 4 is 12.6 Å². The molecule has 27 heavy (non-hydrogen) atoms. The molecule has 0 spiro atoms. The molecular weight excluding hydrogens is 380 g/mol. The van der Waals surface area contributed by atoms with E-state index in [9.17, 15) is 25.5 Å². The number of unbranched alkanes of at least 4 members (excludes halogenated alkanes) is 2. The van der Waals surface area contributed by atoms with Crippen molar-refractivity contribution in [3.63, 3.8) is 0 Å². The fraction of sp³-hybridized carbons (Fsp3) is 1.00. The number of ether oxygens (including phenoxy) is 4. The highest BCUT2D eigenvalue weighted by Gasteiger charge is 2.49. The lowest BCUT2D eigenvalue weighted by atomic mass is 9.98. The summed E-state index contributed by atoms with van der Waals surface area (Å²) in [4.78, 5) is 0. The molecule has 9 nitrogen and oxygen atoms in total. The molecule has 160 valence electrons. The normalized spacial score (nSPS) is 45.8. The fourth-order valence-electron chi connectivity index (χ4n) is 3.15. The molecule has 10 heteroatoms. The minimum absolute atomic E-state index is 0.361. The summed E-state index contributed by atoms with van der Waals surface area (Å²) in [5.74, 6) is 0.789. The van der Waals surface area contributed by atoms with Crippen molar-refractivity contribution in [2.75, 3.05) is 12.4 Å². The van der Waals surface area contributed by atoms with Crippen molar-refractivity contribution in [3.8, 4) is 0 Å². The maximum atomic E-state index is 10.4. The number of aliphatic hydroxyl groups excluding tert-OH is 5. The standard InChI is InChI=1S/C17H32O9S/c1-8-10(18)12(20)14(22)16(24-8)26-15-13(21)11(19)9(2)25-17(15)23-6-4-3-5-7-27/h8-22,27H,3-7H2,1-2H3/t8-,9-,10-,11-,12+,13+,14+,15+,16-,17+/m0/s1. The van der Waals surface area contributed by atoms with Crippen molar-refractivity contribution in [2.24, 2.45) is 0 Å². The fourth-order valence-corrected chi connectivity index (χ4v) is 3.38. The molecule has 0 radical (unpaired) electrons. The first-order chi connectivity index (χ1) is 12.8. The average Bonchev–Trinajstić information content (AvgIpc) is 2.64. The van der Waals surface area contributed by atoms with E-state index in [0.29, 0.717) is 6.61 Å². The number of aliphatic hydroxyl groups is 5. The van der Waals surface area contributed by atoms with Crippen molar-refractivity contribution in [1.82, 2.24) is 0 Å². The molecule has 2 rings (SSSR count). The summed E-state index contributed by atoms with van der Waals surface area (Å²) in [6, 6.07) is 0. The van der Waals surface area contributed by atoms with Gasteiger partial charge in [0.25, 0.3) is 0 Å². The Balaban J connectivity index is 2.02. The molecule has 2 fully saturated rings. The van der Waals surface area contributed by atoms with Crippen LogP contribution in [0.25, 0.3) is 0 Å². The molecule has 0 aromatic heterocycles. The van der Waals surface area contributed by atoms with Crippen LogP contribution in [-0.2, 0) is 18.9 Å². The van der Waals surface area contributed by atoms with Crippen LogP contribution in [0.15, 0.2) is 0 Å². The zero-order valence-electron chi connectivity index (χ0n) is 15.6. The molecule has 2 aliphatic heterocycles. The van der Waals surface area contributed by atoms with Crippen LogP contribution in [-0.4, -0.2) is 99.3 Å². The summed E-state index contributed by atoms with van der Waals surface area (Å²) in [6.45, 7) is 3.49. The molecule has 0 saturated carbocycles. The Kier molecular flexibility index (Phi) is 9.20. The van der Waals surface area contributed by atoms with Gasteiger partial charge in [-0.05, 0) is 32.4 Å². The second-order valence-corrected chi connectivity index (χ2v) is 7.58. The van der Waals surface area contributed by atoms with Gasteiger partial charge in [0.15, 0.2) is 12.6 Å². The Morgan fingerprint density at radius 2 is 1.33 bits per heavy atom. The summed E-state index contributed by atoms with van der Waals surface area (Å²) in [6.07, 6.45) is -9.09. The van der Waals surface area contributed by atoms with Gasteiger partial charge in [-0.1, -0.05) is 6.42 Å². The van der Waals surface area contributed by atoms with Crippen LogP contribution in [0.1, 0.15) is 33.1 Å². The van der Waals surface area contributed by atoms with Gasteiger partial charge < -0.3 is 44.5 Å². The third-order valence-electron chi connectivity index (χ3n) is 4.97. The summed E-state index contributed by atoms with van der Waals surface area (Å²) >= 11 is 4.15. The highest BCUT2D eigenvalue weighted by Crippen LogP contribution is 2.29. The van der Waals surface area contributed by atoms with Crippen molar-refractivity contribution in [1.29, 1.82) is 0 Å². The topological polar surface area (TPSA) is 138 Å². The van der Waals surface area contributed by atoms with Crippen LogP contribution < -0.4 is 0 Å². The Bertz CT molecular complexity index is 443. The van der Waals surface area contributed by atoms with Gasteiger partial charge in [-0.25, -0.2) is 0 Å². The average molecular weight is 413 g/mol. The minimum Gasteiger partial charge on any atom is -0.388 e. The van der Waals surface area contributed by atoms with E-state index in [1.165, 1.54) is 6.92 Å². The van der Waals surface area contributed by atoms with Gasteiger partial charge in [0.1, 0.15) is 36.6 Å². The van der Waals surface area contributed by atoms with Gasteiger partial charge in [-0.15, -0.1) is 0 Å². The molecule has 2 heterocycles. The third kappa shape index (κ3) is 5.75. The van der Waals surface area contributed by atoms with E-state index in [2.05, 4.69) is 12.6 Å². The molecule has 2 aliphatic rings. The number of thiol groups is 1. The van der Waals surface area contributed by atoms with Gasteiger partial charge in [0.2, 0.25) is 0 Å². The molecular formula is C17H32O9S. The van der Waals surface area contributed by atoms with Crippen LogP contribution in [0.2, 0.25) is 0 Å². The third-order valence-corrected chi connectivity index (χ3v) is 5.28. The lowest BCUT2D eigenvalue weighted by Gasteiger charge is -2.45. The second kappa shape index (κ2) is 10.7. The Hall–Kier alpha value is -0.0100. The maximum absolute atomic E-state index is 10.4. The zero-order chi connectivity index (χ0) is 20.1. The van der Waals surface area contributed by atoms with Crippen molar-refractivity contribution in [3.05, 3.63) is 0 Å². The lowest BCUT2D eigenvalue weighted by Crippen LogP contribution is -2.63. The predicted octanol–water partition coefficient (Wildman–Crippen LogP) is -1.22. The summed E-state index contributed by atoms with van der Waals surface area (Å²) in [7, 11) is 0. The largest absolute Gasteiger partial charge is 0.388 e. The summed E-state index contributed by atoms with van der Waals surface area (Å²) in [5.41, 5.74) is 0. The number of rotatable bonds is 8. The molecule has 2 saturated heterocycles. The van der Waals surface area contributed by atoms with E-state index in [-0.39, 0.29) is 0 Å². The van der Waals surface area contributed by atoms with E-state index < -0.39 is 61.4 Å². The van der Waals surface area contributed by atoms with Gasteiger partial charge in [-0.3, -0.25) is 0 Å². The smallest absolute Gasteiger partial charge is 0.187 e. The van der Waals surface area contributed by atoms with E-state index in [4.69, 9.17) is 18.9 Å². The van der Waals surface area contributed by atoms with E-state index in [1.807, 2.05) is 0 Å². The van der Waals surface area contributed by atoms with Crippen LogP contribution in [0.3, 0.4) is 0 Å². The van der Waals surface area contributed by atoms with Crippen molar-refractivity contribution in [2.45, 2.75) is 94.5 Å². The molecule has 10 atom stereocenters. The van der Waals surface area contributed by atoms with Gasteiger partial charge >= 0.3 is 0 Å². The zero-order valence-corrected chi connectivity index (χ0v) is 16.5. The summed E-state index contributed by atoms with van der Waals surface area (Å²) in [5, 5.41) is 50.4. The van der Waals surface area contributed by atoms with E-state index in [1.54, 1.807) is 6.92 Å². The maximum Gasteiger partial charge on any atom is 0.187 e. The van der Waals surface area contributed by atoms with E-state index in [0.717, 1.165) is 25.0 Å². The summed E-state index contributed by atoms with van der Waals surface area (Å²) < 4.78 is 22.4. The Morgan fingerprint density at radius 1 is 0.741 bits per heavy atom. The highest BCUT2D eigenvalue weighted by atomic mass is 32.1. The molecule has 0 amide bonds. The molecule has 0 unspecified atom stereocenters. The monoisotopic (exact) mass is 412 g/mol.